The van der Waals surface area contributed by atoms with E-state index in [4.69, 9.17) is 10.8 Å². The summed E-state index contributed by atoms with van der Waals surface area (Å²) in [6, 6.07) is -0.685. The summed E-state index contributed by atoms with van der Waals surface area (Å²) in [5.41, 5.74) is 5.38. The van der Waals surface area contributed by atoms with E-state index < -0.39 is 12.0 Å². The highest BCUT2D eigenvalue weighted by molar-refractivity contribution is 5.73. The van der Waals surface area contributed by atoms with Gasteiger partial charge in [0.2, 0.25) is 0 Å². The van der Waals surface area contributed by atoms with Gasteiger partial charge in [0.05, 0.1) is 0 Å². The van der Waals surface area contributed by atoms with Crippen molar-refractivity contribution in [3.05, 3.63) is 12.2 Å². The smallest absolute Gasteiger partial charge is 0.320 e. The Bertz CT molecular complexity index is 157. The molecule has 0 saturated heterocycles. The van der Waals surface area contributed by atoms with Crippen molar-refractivity contribution in [1.82, 2.24) is 0 Å². The molecule has 1 aliphatic carbocycles. The summed E-state index contributed by atoms with van der Waals surface area (Å²) in [7, 11) is 0. The van der Waals surface area contributed by atoms with Crippen molar-refractivity contribution < 1.29 is 9.90 Å². The van der Waals surface area contributed by atoms with Crippen LogP contribution in [0.2, 0.25) is 0 Å². The van der Waals surface area contributed by atoms with Crippen molar-refractivity contribution >= 4 is 5.97 Å². The maximum atomic E-state index is 10.3. The minimum atomic E-state index is -0.895. The summed E-state index contributed by atoms with van der Waals surface area (Å²) in [4.78, 5) is 10.3. The fourth-order valence-corrected chi connectivity index (χ4v) is 1.13. The molecule has 0 fully saturated rings. The van der Waals surface area contributed by atoms with Gasteiger partial charge in [-0.1, -0.05) is 12.2 Å². The maximum absolute atomic E-state index is 10.3. The molecule has 0 heterocycles. The fourth-order valence-electron chi connectivity index (χ4n) is 1.13. The molecule has 0 amide bonds. The Hall–Kier alpha value is -0.830. The van der Waals surface area contributed by atoms with Crippen LogP contribution in [0, 0.1) is 5.92 Å². The van der Waals surface area contributed by atoms with E-state index >= 15 is 0 Å². The number of nitrogens with two attached hydrogens (primary N) is 1. The van der Waals surface area contributed by atoms with Gasteiger partial charge >= 0.3 is 5.97 Å². The number of carboxylic acids is 1. The monoisotopic (exact) mass is 141 g/mol. The number of aliphatic carboxylic acids is 1. The van der Waals surface area contributed by atoms with Gasteiger partial charge in [-0.25, -0.2) is 0 Å². The molecule has 56 valence electrons. The van der Waals surface area contributed by atoms with E-state index in [1.165, 1.54) is 0 Å². The van der Waals surface area contributed by atoms with E-state index in [1.54, 1.807) is 0 Å². The van der Waals surface area contributed by atoms with Gasteiger partial charge in [0.25, 0.3) is 0 Å². The van der Waals surface area contributed by atoms with Crippen molar-refractivity contribution in [2.24, 2.45) is 11.7 Å². The molecule has 10 heavy (non-hydrogen) atoms. The van der Waals surface area contributed by atoms with Crippen LogP contribution in [0.15, 0.2) is 12.2 Å². The average molecular weight is 141 g/mol. The summed E-state index contributed by atoms with van der Waals surface area (Å²) in [6.45, 7) is 0. The molecule has 0 bridgehead atoms. The standard InChI is InChI=1S/C7H11NO2/c8-6(7(9)10)5-3-1-2-4-5/h1-2,5-6H,3-4,8H2,(H,9,10)/t6-/m0/s1. The van der Waals surface area contributed by atoms with Crippen LogP contribution in [-0.4, -0.2) is 17.1 Å². The molecule has 1 aliphatic rings. The Balaban J connectivity index is 2.42. The number of carboxylic acid groups (broad SMARTS) is 1. The molecule has 3 heteroatoms. The van der Waals surface area contributed by atoms with Crippen LogP contribution < -0.4 is 5.73 Å². The molecule has 0 aromatic rings. The first-order valence-corrected chi connectivity index (χ1v) is 3.35. The minimum absolute atomic E-state index is 0.123. The van der Waals surface area contributed by atoms with Gasteiger partial charge < -0.3 is 10.8 Å². The lowest BCUT2D eigenvalue weighted by atomic mass is 9.99. The van der Waals surface area contributed by atoms with Gasteiger partial charge in [-0.3, -0.25) is 4.79 Å². The Morgan fingerprint density at radius 1 is 1.60 bits per heavy atom. The molecule has 0 aliphatic heterocycles. The predicted molar refractivity (Wildman–Crippen MR) is 37.5 cm³/mol. The lowest BCUT2D eigenvalue weighted by Gasteiger charge is -2.12. The van der Waals surface area contributed by atoms with Crippen molar-refractivity contribution in [2.45, 2.75) is 18.9 Å². The lowest BCUT2D eigenvalue weighted by molar-refractivity contribution is -0.139. The quantitative estimate of drug-likeness (QED) is 0.546. The van der Waals surface area contributed by atoms with E-state index in [9.17, 15) is 4.79 Å². The van der Waals surface area contributed by atoms with Crippen molar-refractivity contribution in [2.75, 3.05) is 0 Å². The molecule has 0 aromatic carbocycles. The predicted octanol–water partition coefficient (Wildman–Crippen LogP) is 0.364. The topological polar surface area (TPSA) is 63.3 Å². The van der Waals surface area contributed by atoms with Crippen LogP contribution in [0.3, 0.4) is 0 Å². The third-order valence-electron chi connectivity index (χ3n) is 1.84. The summed E-state index contributed by atoms with van der Waals surface area (Å²) < 4.78 is 0. The van der Waals surface area contributed by atoms with Crippen molar-refractivity contribution in [3.63, 3.8) is 0 Å². The Kier molecular flexibility index (Phi) is 2.06. The van der Waals surface area contributed by atoms with E-state index in [-0.39, 0.29) is 5.92 Å². The van der Waals surface area contributed by atoms with Gasteiger partial charge in [0, 0.05) is 0 Å². The lowest BCUT2D eigenvalue weighted by Crippen LogP contribution is -2.36. The molecular weight excluding hydrogens is 130 g/mol. The van der Waals surface area contributed by atoms with Crippen LogP contribution in [0.4, 0.5) is 0 Å². The van der Waals surface area contributed by atoms with Crippen LogP contribution in [0.5, 0.6) is 0 Å². The molecule has 0 radical (unpaired) electrons. The van der Waals surface area contributed by atoms with E-state index in [0.717, 1.165) is 12.8 Å². The zero-order valence-corrected chi connectivity index (χ0v) is 5.66. The van der Waals surface area contributed by atoms with E-state index in [1.807, 2.05) is 12.2 Å². The maximum Gasteiger partial charge on any atom is 0.320 e. The van der Waals surface area contributed by atoms with E-state index in [0.29, 0.717) is 0 Å². The molecule has 3 nitrogen and oxygen atoms in total. The summed E-state index contributed by atoms with van der Waals surface area (Å²) in [5.74, 6) is -0.772. The summed E-state index contributed by atoms with van der Waals surface area (Å²) >= 11 is 0. The first-order chi connectivity index (χ1) is 4.72. The first-order valence-electron chi connectivity index (χ1n) is 3.35. The normalized spacial score (nSPS) is 21.3. The number of hydrogen-bond donors (Lipinski definition) is 2. The Morgan fingerprint density at radius 3 is 2.50 bits per heavy atom. The third-order valence-corrected chi connectivity index (χ3v) is 1.84. The summed E-state index contributed by atoms with van der Waals surface area (Å²) in [5, 5.41) is 8.49. The van der Waals surface area contributed by atoms with Gasteiger partial charge in [-0.05, 0) is 18.8 Å². The number of rotatable bonds is 2. The Morgan fingerprint density at radius 2 is 2.10 bits per heavy atom. The zero-order valence-electron chi connectivity index (χ0n) is 5.66. The molecule has 0 spiro atoms. The third kappa shape index (κ3) is 1.36. The van der Waals surface area contributed by atoms with Crippen LogP contribution in [-0.2, 0) is 4.79 Å². The highest BCUT2D eigenvalue weighted by atomic mass is 16.4. The van der Waals surface area contributed by atoms with Crippen LogP contribution in [0.25, 0.3) is 0 Å². The molecule has 0 unspecified atom stereocenters. The van der Waals surface area contributed by atoms with Gasteiger partial charge in [-0.2, -0.15) is 0 Å². The molecule has 0 aromatic heterocycles. The highest BCUT2D eigenvalue weighted by Gasteiger charge is 2.23. The van der Waals surface area contributed by atoms with Crippen molar-refractivity contribution in [3.8, 4) is 0 Å². The summed E-state index contributed by atoms with van der Waals surface area (Å²) in [6.07, 6.45) is 5.59. The van der Waals surface area contributed by atoms with E-state index in [2.05, 4.69) is 0 Å². The second-order valence-electron chi connectivity index (χ2n) is 2.57. The molecular formula is C7H11NO2. The molecule has 3 N–H and O–H groups in total. The number of carbonyl (C=O) groups is 1. The zero-order chi connectivity index (χ0) is 7.56. The Labute approximate surface area is 59.5 Å². The largest absolute Gasteiger partial charge is 0.480 e. The van der Waals surface area contributed by atoms with Gasteiger partial charge in [0.15, 0.2) is 0 Å². The van der Waals surface area contributed by atoms with Gasteiger partial charge in [0.1, 0.15) is 6.04 Å². The van der Waals surface area contributed by atoms with Crippen molar-refractivity contribution in [1.29, 1.82) is 0 Å². The molecule has 0 saturated carbocycles. The van der Waals surface area contributed by atoms with Crippen LogP contribution >= 0.6 is 0 Å². The second-order valence-corrected chi connectivity index (χ2v) is 2.57. The molecule has 1 rings (SSSR count). The first kappa shape index (κ1) is 7.28. The second kappa shape index (κ2) is 2.84. The fraction of sp³-hybridized carbons (Fsp3) is 0.571. The van der Waals surface area contributed by atoms with Gasteiger partial charge in [-0.15, -0.1) is 0 Å². The minimum Gasteiger partial charge on any atom is -0.480 e. The SMILES string of the molecule is N[C@H](C(=O)O)C1CC=CC1. The van der Waals surface area contributed by atoms with Crippen LogP contribution in [0.1, 0.15) is 12.8 Å². The number of allylic oxidation sites excluding steroid dienone is 2. The average Bonchev–Trinajstić information content (AvgIpc) is 2.36. The highest BCUT2D eigenvalue weighted by Crippen LogP contribution is 2.20. The molecule has 1 atom stereocenters. The number of hydrogen-bond acceptors (Lipinski definition) is 2.